The number of anilines is 1. The first-order valence-electron chi connectivity index (χ1n) is 13.6. The third-order valence-corrected chi connectivity index (χ3v) is 7.30. The van der Waals surface area contributed by atoms with Crippen LogP contribution in [0.25, 0.3) is 28.3 Å². The second-order valence-corrected chi connectivity index (χ2v) is 10.8. The molecule has 0 unspecified atom stereocenters. The van der Waals surface area contributed by atoms with E-state index in [0.717, 1.165) is 19.9 Å². The van der Waals surface area contributed by atoms with E-state index in [9.17, 15) is 31.5 Å². The Morgan fingerprint density at radius 1 is 0.956 bits per heavy atom. The molecule has 0 fully saturated rings. The zero-order valence-electron chi connectivity index (χ0n) is 23.7. The number of carbonyl (C=O) groups is 2. The van der Waals surface area contributed by atoms with Crippen molar-refractivity contribution >= 4 is 23.4 Å². The SMILES string of the molecule is CC(C)(NC(=O)N1CCn2c(nc(-c3ccc(F)cc3)c2-c2ccc3nc(NC(=O)c4ccnc(F)c4)cn3n2)C1)C(F)(F)F. The first-order valence-corrected chi connectivity index (χ1v) is 13.6. The molecule has 5 heterocycles. The summed E-state index contributed by atoms with van der Waals surface area (Å²) in [6.45, 7) is 1.94. The van der Waals surface area contributed by atoms with Gasteiger partial charge in [-0.15, -0.1) is 0 Å². The van der Waals surface area contributed by atoms with Crippen LogP contribution >= 0.6 is 0 Å². The molecule has 5 aromatic rings. The Balaban J connectivity index is 1.34. The largest absolute Gasteiger partial charge is 0.411 e. The third kappa shape index (κ3) is 5.77. The number of urea groups is 1. The Hall–Kier alpha value is -5.41. The van der Waals surface area contributed by atoms with E-state index in [-0.39, 0.29) is 31.0 Å². The van der Waals surface area contributed by atoms with Crippen LogP contribution in [0.2, 0.25) is 0 Å². The van der Waals surface area contributed by atoms with Crippen molar-refractivity contribution in [3.05, 3.63) is 84.1 Å². The Morgan fingerprint density at radius 3 is 2.42 bits per heavy atom. The van der Waals surface area contributed by atoms with Gasteiger partial charge in [-0.05, 0) is 56.3 Å². The number of alkyl halides is 3. The lowest BCUT2D eigenvalue weighted by Crippen LogP contribution is -2.58. The number of imidazole rings is 2. The lowest BCUT2D eigenvalue weighted by molar-refractivity contribution is -0.182. The lowest BCUT2D eigenvalue weighted by Gasteiger charge is -2.34. The van der Waals surface area contributed by atoms with Gasteiger partial charge in [0.05, 0.1) is 24.1 Å². The van der Waals surface area contributed by atoms with Gasteiger partial charge >= 0.3 is 12.2 Å². The monoisotopic (exact) mass is 625 g/mol. The fourth-order valence-corrected chi connectivity index (χ4v) is 4.79. The quantitative estimate of drug-likeness (QED) is 0.208. The summed E-state index contributed by atoms with van der Waals surface area (Å²) >= 11 is 0. The fraction of sp³-hybridized carbons (Fsp3) is 0.241. The Kier molecular flexibility index (Phi) is 7.21. The zero-order chi connectivity index (χ0) is 32.1. The van der Waals surface area contributed by atoms with Crippen LogP contribution in [0, 0.1) is 11.8 Å². The van der Waals surface area contributed by atoms with E-state index in [1.54, 1.807) is 12.1 Å². The molecule has 232 valence electrons. The van der Waals surface area contributed by atoms with Crippen LogP contribution in [-0.4, -0.2) is 64.2 Å². The minimum atomic E-state index is -4.66. The van der Waals surface area contributed by atoms with Gasteiger partial charge < -0.3 is 20.1 Å². The molecule has 0 aliphatic carbocycles. The van der Waals surface area contributed by atoms with Gasteiger partial charge in [0, 0.05) is 36.5 Å². The number of nitrogens with zero attached hydrogens (tertiary/aromatic N) is 7. The highest BCUT2D eigenvalue weighted by Crippen LogP contribution is 2.35. The number of fused-ring (bicyclic) bond motifs is 2. The number of aromatic nitrogens is 6. The second kappa shape index (κ2) is 10.9. The number of carbonyl (C=O) groups excluding carboxylic acids is 2. The summed E-state index contributed by atoms with van der Waals surface area (Å²) in [5.74, 6) is -1.32. The van der Waals surface area contributed by atoms with Crippen molar-refractivity contribution in [3.8, 4) is 22.6 Å². The summed E-state index contributed by atoms with van der Waals surface area (Å²) in [5.41, 5.74) is -0.0997. The van der Waals surface area contributed by atoms with Crippen LogP contribution in [0.4, 0.5) is 32.6 Å². The van der Waals surface area contributed by atoms with Crippen LogP contribution in [0.5, 0.6) is 0 Å². The predicted octanol–water partition coefficient (Wildman–Crippen LogP) is 5.05. The van der Waals surface area contributed by atoms with Gasteiger partial charge in [0.15, 0.2) is 11.5 Å². The number of halogens is 5. The van der Waals surface area contributed by atoms with Gasteiger partial charge in [0.1, 0.15) is 22.9 Å². The molecule has 0 spiro atoms. The highest BCUT2D eigenvalue weighted by molar-refractivity contribution is 6.03. The minimum Gasteiger partial charge on any atom is -0.324 e. The molecule has 6 rings (SSSR count). The molecular weight excluding hydrogens is 601 g/mol. The number of rotatable bonds is 5. The molecule has 16 heteroatoms. The first-order chi connectivity index (χ1) is 21.3. The molecule has 2 N–H and O–H groups in total. The molecule has 0 radical (unpaired) electrons. The van der Waals surface area contributed by atoms with E-state index in [1.807, 2.05) is 9.88 Å². The summed E-state index contributed by atoms with van der Waals surface area (Å²) in [4.78, 5) is 39.1. The van der Waals surface area contributed by atoms with E-state index in [2.05, 4.69) is 20.4 Å². The van der Waals surface area contributed by atoms with Crippen molar-refractivity contribution in [1.29, 1.82) is 0 Å². The molecule has 45 heavy (non-hydrogen) atoms. The molecule has 1 aliphatic rings. The minimum absolute atomic E-state index is 0.0488. The van der Waals surface area contributed by atoms with Gasteiger partial charge in [-0.1, -0.05) is 0 Å². The van der Waals surface area contributed by atoms with Gasteiger partial charge in [-0.3, -0.25) is 4.79 Å². The first kappa shape index (κ1) is 29.7. The fourth-order valence-electron chi connectivity index (χ4n) is 4.79. The highest BCUT2D eigenvalue weighted by atomic mass is 19.4. The summed E-state index contributed by atoms with van der Waals surface area (Å²) in [5, 5.41) is 9.29. The van der Waals surface area contributed by atoms with Crippen molar-refractivity contribution < 1.29 is 31.5 Å². The number of pyridine rings is 1. The standard InChI is InChI=1S/C29H24F5N9O2/c1-28(2,29(32,33)34)39-27(45)41-11-12-42-23(15-41)38-24(16-3-5-18(30)6-4-16)25(42)19-7-8-22-36-21(14-43(22)40-19)37-26(44)17-9-10-35-20(31)13-17/h3-10,13-14H,11-12,15H2,1-2H3,(H,37,44)(H,39,45). The third-order valence-electron chi connectivity index (χ3n) is 7.30. The topological polar surface area (TPSA) is 122 Å². The molecular formula is C29H24F5N9O2. The highest BCUT2D eigenvalue weighted by Gasteiger charge is 2.49. The Morgan fingerprint density at radius 2 is 1.71 bits per heavy atom. The summed E-state index contributed by atoms with van der Waals surface area (Å²) in [6, 6.07) is 10.4. The summed E-state index contributed by atoms with van der Waals surface area (Å²) in [7, 11) is 0. The number of nitrogens with one attached hydrogen (secondary N) is 2. The van der Waals surface area contributed by atoms with Crippen molar-refractivity contribution in [2.75, 3.05) is 11.9 Å². The van der Waals surface area contributed by atoms with E-state index in [1.165, 1.54) is 52.1 Å². The second-order valence-electron chi connectivity index (χ2n) is 10.8. The van der Waals surface area contributed by atoms with Crippen LogP contribution in [0.15, 0.2) is 60.9 Å². The average molecular weight is 626 g/mol. The van der Waals surface area contributed by atoms with Crippen LogP contribution in [-0.2, 0) is 13.1 Å². The lowest BCUT2D eigenvalue weighted by atomic mass is 10.1. The molecule has 3 amide bonds. The summed E-state index contributed by atoms with van der Waals surface area (Å²) < 4.78 is 70.7. The predicted molar refractivity (Wildman–Crippen MR) is 151 cm³/mol. The van der Waals surface area contributed by atoms with Crippen LogP contribution in [0.1, 0.15) is 30.0 Å². The van der Waals surface area contributed by atoms with E-state index in [4.69, 9.17) is 4.98 Å². The molecule has 0 atom stereocenters. The van der Waals surface area contributed by atoms with Gasteiger partial charge in [0.25, 0.3) is 5.91 Å². The van der Waals surface area contributed by atoms with Crippen molar-refractivity contribution in [3.63, 3.8) is 0 Å². The smallest absolute Gasteiger partial charge is 0.324 e. The van der Waals surface area contributed by atoms with Gasteiger partial charge in [-0.25, -0.2) is 28.7 Å². The number of amides is 3. The molecule has 4 aromatic heterocycles. The molecule has 1 aromatic carbocycles. The Bertz CT molecular complexity index is 1930. The van der Waals surface area contributed by atoms with Crippen LogP contribution in [0.3, 0.4) is 0 Å². The molecule has 1 aliphatic heterocycles. The van der Waals surface area contributed by atoms with Crippen molar-refractivity contribution in [2.45, 2.75) is 38.7 Å². The van der Waals surface area contributed by atoms with E-state index < -0.39 is 35.4 Å². The van der Waals surface area contributed by atoms with Crippen molar-refractivity contribution in [2.24, 2.45) is 0 Å². The average Bonchev–Trinajstić information content (AvgIpc) is 3.56. The maximum atomic E-state index is 13.8. The molecule has 0 saturated heterocycles. The van der Waals surface area contributed by atoms with E-state index in [0.29, 0.717) is 34.1 Å². The van der Waals surface area contributed by atoms with E-state index >= 15 is 0 Å². The molecule has 0 saturated carbocycles. The maximum absolute atomic E-state index is 13.8. The Labute approximate surface area is 251 Å². The maximum Gasteiger partial charge on any atom is 0.411 e. The number of hydrogen-bond donors (Lipinski definition) is 2. The van der Waals surface area contributed by atoms with Gasteiger partial charge in [0.2, 0.25) is 5.95 Å². The molecule has 0 bridgehead atoms. The number of hydrogen-bond acceptors (Lipinski definition) is 6. The van der Waals surface area contributed by atoms with Crippen LogP contribution < -0.4 is 10.6 Å². The summed E-state index contributed by atoms with van der Waals surface area (Å²) in [6.07, 6.45) is -2.02. The zero-order valence-corrected chi connectivity index (χ0v) is 23.7. The van der Waals surface area contributed by atoms with Gasteiger partial charge in [-0.2, -0.15) is 22.7 Å². The van der Waals surface area contributed by atoms with Crippen molar-refractivity contribution in [1.82, 2.24) is 39.3 Å². The normalized spacial score (nSPS) is 13.5. The molecule has 11 nitrogen and oxygen atoms in total. The number of benzene rings is 1.